The number of nitrogens with zero attached hydrogens (tertiary/aromatic N) is 2. The van der Waals surface area contributed by atoms with E-state index < -0.39 is 10.0 Å². The zero-order chi connectivity index (χ0) is 20.3. The van der Waals surface area contributed by atoms with Gasteiger partial charge in [0.05, 0.1) is 16.3 Å². The summed E-state index contributed by atoms with van der Waals surface area (Å²) in [6.07, 6.45) is 1.87. The van der Waals surface area contributed by atoms with Gasteiger partial charge in [0.2, 0.25) is 10.0 Å². The first kappa shape index (κ1) is 19.1. The lowest BCUT2D eigenvalue weighted by molar-refractivity contribution is 0.581. The van der Waals surface area contributed by atoms with Gasteiger partial charge in [0.25, 0.3) is 0 Å². The maximum Gasteiger partial charge on any atom is 0.240 e. The molecule has 5 nitrogen and oxygen atoms in total. The van der Waals surface area contributed by atoms with Gasteiger partial charge in [-0.1, -0.05) is 66.2 Å². The number of benzene rings is 3. The summed E-state index contributed by atoms with van der Waals surface area (Å²) in [7, 11) is -3.62. The van der Waals surface area contributed by atoms with Crippen LogP contribution >= 0.6 is 0 Å². The second-order valence-electron chi connectivity index (χ2n) is 6.79. The Labute approximate surface area is 170 Å². The van der Waals surface area contributed by atoms with Crippen molar-refractivity contribution in [3.05, 3.63) is 102 Å². The van der Waals surface area contributed by atoms with Crippen molar-refractivity contribution in [2.75, 3.05) is 0 Å². The average molecular weight is 404 g/mol. The molecule has 0 bridgehead atoms. The monoisotopic (exact) mass is 403 g/mol. The number of para-hydroxylation sites is 1. The van der Waals surface area contributed by atoms with Gasteiger partial charge < -0.3 is 0 Å². The summed E-state index contributed by atoms with van der Waals surface area (Å²) in [6, 6.07) is 26.3. The molecule has 1 heterocycles. The van der Waals surface area contributed by atoms with Crippen molar-refractivity contribution >= 4 is 10.0 Å². The third-order valence-corrected chi connectivity index (χ3v) is 6.06. The Kier molecular flexibility index (Phi) is 5.29. The first-order valence-corrected chi connectivity index (χ1v) is 10.8. The predicted octanol–water partition coefficient (Wildman–Crippen LogP) is 4.33. The van der Waals surface area contributed by atoms with E-state index >= 15 is 0 Å². The lowest BCUT2D eigenvalue weighted by Crippen LogP contribution is -2.23. The van der Waals surface area contributed by atoms with Crippen molar-refractivity contribution in [3.63, 3.8) is 0 Å². The van der Waals surface area contributed by atoms with E-state index in [-0.39, 0.29) is 11.4 Å². The molecule has 0 saturated heterocycles. The van der Waals surface area contributed by atoms with Crippen molar-refractivity contribution in [2.24, 2.45) is 0 Å². The fraction of sp³-hybridized carbons (Fsp3) is 0.0870. The van der Waals surface area contributed by atoms with Gasteiger partial charge in [-0.2, -0.15) is 5.10 Å². The number of aromatic nitrogens is 2. The van der Waals surface area contributed by atoms with Gasteiger partial charge >= 0.3 is 0 Å². The molecule has 0 aliphatic rings. The Morgan fingerprint density at radius 2 is 1.48 bits per heavy atom. The lowest BCUT2D eigenvalue weighted by atomic mass is 10.1. The lowest BCUT2D eigenvalue weighted by Gasteiger charge is -2.07. The smallest absolute Gasteiger partial charge is 0.240 e. The fourth-order valence-corrected chi connectivity index (χ4v) is 4.07. The number of hydrogen-bond donors (Lipinski definition) is 1. The molecule has 29 heavy (non-hydrogen) atoms. The summed E-state index contributed by atoms with van der Waals surface area (Å²) in [5.41, 5.74) is 4.42. The maximum absolute atomic E-state index is 12.7. The van der Waals surface area contributed by atoms with Crippen molar-refractivity contribution in [3.8, 4) is 16.9 Å². The maximum atomic E-state index is 12.7. The summed E-state index contributed by atoms with van der Waals surface area (Å²) < 4.78 is 29.9. The van der Waals surface area contributed by atoms with Crippen LogP contribution in [0.5, 0.6) is 0 Å². The third kappa shape index (κ3) is 4.29. The Morgan fingerprint density at radius 3 is 2.14 bits per heavy atom. The van der Waals surface area contributed by atoms with Gasteiger partial charge in [0.1, 0.15) is 0 Å². The highest BCUT2D eigenvalue weighted by Crippen LogP contribution is 2.24. The number of sulfonamides is 1. The molecule has 6 heteroatoms. The van der Waals surface area contributed by atoms with Crippen molar-refractivity contribution in [1.29, 1.82) is 0 Å². The normalized spacial score (nSPS) is 11.5. The van der Waals surface area contributed by atoms with Crippen molar-refractivity contribution in [1.82, 2.24) is 14.5 Å². The van der Waals surface area contributed by atoms with E-state index in [1.807, 2.05) is 73.8 Å². The molecule has 146 valence electrons. The van der Waals surface area contributed by atoms with Crippen LogP contribution in [0.25, 0.3) is 16.9 Å². The van der Waals surface area contributed by atoms with Crippen LogP contribution in [0.3, 0.4) is 0 Å². The van der Waals surface area contributed by atoms with Crippen LogP contribution in [-0.4, -0.2) is 18.2 Å². The molecule has 3 aromatic carbocycles. The number of nitrogens with one attached hydrogen (secondary N) is 1. The molecule has 1 N–H and O–H groups in total. The van der Waals surface area contributed by atoms with Crippen LogP contribution in [0.4, 0.5) is 0 Å². The Bertz CT molecular complexity index is 1200. The number of rotatable bonds is 6. The van der Waals surface area contributed by atoms with Crippen LogP contribution in [0.15, 0.2) is 96.0 Å². The number of aryl methyl sites for hydroxylation is 1. The molecule has 0 unspecified atom stereocenters. The van der Waals surface area contributed by atoms with Gasteiger partial charge in [-0.3, -0.25) is 0 Å². The van der Waals surface area contributed by atoms with Crippen LogP contribution in [0, 0.1) is 6.92 Å². The SMILES string of the molecule is Cc1ccc(S(=O)(=O)NCc2cn(-c3ccccc3)nc2-c2ccccc2)cc1. The van der Waals surface area contributed by atoms with Gasteiger partial charge in [0.15, 0.2) is 0 Å². The summed E-state index contributed by atoms with van der Waals surface area (Å²) in [5, 5.41) is 4.72. The summed E-state index contributed by atoms with van der Waals surface area (Å²) in [6.45, 7) is 2.07. The quantitative estimate of drug-likeness (QED) is 0.521. The Hall–Kier alpha value is -3.22. The van der Waals surface area contributed by atoms with Crippen LogP contribution in [0.2, 0.25) is 0 Å². The minimum Gasteiger partial charge on any atom is -0.240 e. The fourth-order valence-electron chi connectivity index (χ4n) is 3.06. The summed E-state index contributed by atoms with van der Waals surface area (Å²) in [4.78, 5) is 0.250. The largest absolute Gasteiger partial charge is 0.240 e. The molecule has 0 aliphatic carbocycles. The molecule has 4 aromatic rings. The topological polar surface area (TPSA) is 64.0 Å². The van der Waals surface area contributed by atoms with E-state index in [0.717, 1.165) is 28.1 Å². The molecule has 0 atom stereocenters. The second kappa shape index (κ2) is 8.03. The molecule has 0 saturated carbocycles. The zero-order valence-corrected chi connectivity index (χ0v) is 16.8. The third-order valence-electron chi connectivity index (χ3n) is 4.64. The van der Waals surface area contributed by atoms with Gasteiger partial charge in [-0.05, 0) is 31.2 Å². The second-order valence-corrected chi connectivity index (χ2v) is 8.55. The molecule has 0 amide bonds. The van der Waals surface area contributed by atoms with Gasteiger partial charge in [0, 0.05) is 23.9 Å². The van der Waals surface area contributed by atoms with Crippen molar-refractivity contribution < 1.29 is 8.42 Å². The highest BCUT2D eigenvalue weighted by molar-refractivity contribution is 7.89. The Balaban J connectivity index is 1.67. The highest BCUT2D eigenvalue weighted by Gasteiger charge is 2.17. The van der Waals surface area contributed by atoms with E-state index in [1.165, 1.54) is 0 Å². The van der Waals surface area contributed by atoms with E-state index in [9.17, 15) is 8.42 Å². The molecular weight excluding hydrogens is 382 g/mol. The van der Waals surface area contributed by atoms with E-state index in [1.54, 1.807) is 28.9 Å². The minimum absolute atomic E-state index is 0.146. The number of hydrogen-bond acceptors (Lipinski definition) is 3. The molecule has 0 fully saturated rings. The van der Waals surface area contributed by atoms with Crippen LogP contribution in [-0.2, 0) is 16.6 Å². The average Bonchev–Trinajstić information content (AvgIpc) is 3.18. The minimum atomic E-state index is -3.62. The van der Waals surface area contributed by atoms with Crippen molar-refractivity contribution in [2.45, 2.75) is 18.4 Å². The molecule has 0 aliphatic heterocycles. The van der Waals surface area contributed by atoms with Gasteiger partial charge in [-0.25, -0.2) is 17.8 Å². The summed E-state index contributed by atoms with van der Waals surface area (Å²) >= 11 is 0. The standard InChI is InChI=1S/C23H21N3O2S/c1-18-12-14-22(15-13-18)29(27,28)24-16-20-17-26(21-10-6-3-7-11-21)25-23(20)19-8-4-2-5-9-19/h2-15,17,24H,16H2,1H3. The van der Waals surface area contributed by atoms with E-state index in [2.05, 4.69) is 4.72 Å². The predicted molar refractivity (Wildman–Crippen MR) is 114 cm³/mol. The molecular formula is C23H21N3O2S. The first-order chi connectivity index (χ1) is 14.0. The Morgan fingerprint density at radius 1 is 0.862 bits per heavy atom. The molecule has 0 radical (unpaired) electrons. The zero-order valence-electron chi connectivity index (χ0n) is 16.0. The van der Waals surface area contributed by atoms with Crippen LogP contribution in [0.1, 0.15) is 11.1 Å². The molecule has 0 spiro atoms. The van der Waals surface area contributed by atoms with E-state index in [4.69, 9.17) is 5.10 Å². The summed E-state index contributed by atoms with van der Waals surface area (Å²) in [5.74, 6) is 0. The van der Waals surface area contributed by atoms with Gasteiger partial charge in [-0.15, -0.1) is 0 Å². The highest BCUT2D eigenvalue weighted by atomic mass is 32.2. The van der Waals surface area contributed by atoms with Crippen LogP contribution < -0.4 is 4.72 Å². The molecule has 4 rings (SSSR count). The van der Waals surface area contributed by atoms with E-state index in [0.29, 0.717) is 0 Å². The first-order valence-electron chi connectivity index (χ1n) is 9.29. The molecule has 1 aromatic heterocycles.